The average molecular weight is 386 g/mol. The van der Waals surface area contributed by atoms with Gasteiger partial charge < -0.3 is 24.8 Å². The van der Waals surface area contributed by atoms with Crippen LogP contribution in [0.15, 0.2) is 42.5 Å². The summed E-state index contributed by atoms with van der Waals surface area (Å²) in [5.74, 6) is 2.30. The van der Waals surface area contributed by atoms with Crippen LogP contribution in [0.5, 0.6) is 17.2 Å². The fourth-order valence-corrected chi connectivity index (χ4v) is 2.50. The van der Waals surface area contributed by atoms with Gasteiger partial charge >= 0.3 is 0 Å². The number of anilines is 2. The standard InChI is InChI=1S/C22H30N2O4/c1-5-26-17-8-7-9-18(12-17)28-15-22(25)24-20-11-10-19(27-6-2)13-21(20)23-14-16(3)4/h7-13,16,23H,5-6,14-15H2,1-4H3,(H,24,25). The van der Waals surface area contributed by atoms with Gasteiger partial charge in [0.2, 0.25) is 0 Å². The van der Waals surface area contributed by atoms with Gasteiger partial charge in [0.25, 0.3) is 5.91 Å². The van der Waals surface area contributed by atoms with Crippen molar-refractivity contribution in [3.05, 3.63) is 42.5 Å². The molecule has 0 spiro atoms. The third kappa shape index (κ3) is 7.02. The van der Waals surface area contributed by atoms with Crippen LogP contribution in [0.2, 0.25) is 0 Å². The van der Waals surface area contributed by atoms with Gasteiger partial charge in [0.1, 0.15) is 17.2 Å². The Morgan fingerprint density at radius 3 is 2.18 bits per heavy atom. The Labute approximate surface area is 167 Å². The molecular weight excluding hydrogens is 356 g/mol. The van der Waals surface area contributed by atoms with E-state index in [-0.39, 0.29) is 12.5 Å². The molecule has 0 radical (unpaired) electrons. The molecule has 28 heavy (non-hydrogen) atoms. The van der Waals surface area contributed by atoms with Crippen LogP contribution >= 0.6 is 0 Å². The molecule has 0 heterocycles. The lowest BCUT2D eigenvalue weighted by Gasteiger charge is -2.16. The van der Waals surface area contributed by atoms with E-state index in [1.54, 1.807) is 12.1 Å². The van der Waals surface area contributed by atoms with E-state index < -0.39 is 0 Å². The predicted molar refractivity (Wildman–Crippen MR) is 113 cm³/mol. The number of nitrogens with one attached hydrogen (secondary N) is 2. The van der Waals surface area contributed by atoms with E-state index >= 15 is 0 Å². The van der Waals surface area contributed by atoms with Crippen molar-refractivity contribution in [3.63, 3.8) is 0 Å². The Balaban J connectivity index is 2.00. The summed E-state index contributed by atoms with van der Waals surface area (Å²) in [6.07, 6.45) is 0. The number of carbonyl (C=O) groups excluding carboxylic acids is 1. The smallest absolute Gasteiger partial charge is 0.262 e. The second kappa shape index (κ2) is 11.1. The molecule has 0 saturated heterocycles. The summed E-state index contributed by atoms with van der Waals surface area (Å²) in [6, 6.07) is 12.8. The molecule has 152 valence electrons. The minimum atomic E-state index is -0.237. The number of amides is 1. The molecule has 2 rings (SSSR count). The van der Waals surface area contributed by atoms with Crippen molar-refractivity contribution in [1.82, 2.24) is 0 Å². The second-order valence-electron chi connectivity index (χ2n) is 6.66. The lowest BCUT2D eigenvalue weighted by molar-refractivity contribution is -0.118. The van der Waals surface area contributed by atoms with Gasteiger partial charge in [-0.05, 0) is 44.0 Å². The van der Waals surface area contributed by atoms with Crippen LogP contribution in [0.1, 0.15) is 27.7 Å². The molecule has 6 nitrogen and oxygen atoms in total. The number of rotatable bonds is 11. The summed E-state index contributed by atoms with van der Waals surface area (Å²) in [6.45, 7) is 9.98. The van der Waals surface area contributed by atoms with E-state index in [0.29, 0.717) is 36.3 Å². The first kappa shape index (κ1) is 21.4. The van der Waals surface area contributed by atoms with E-state index in [1.807, 2.05) is 44.2 Å². The maximum Gasteiger partial charge on any atom is 0.262 e. The van der Waals surface area contributed by atoms with Gasteiger partial charge in [-0.25, -0.2) is 0 Å². The van der Waals surface area contributed by atoms with Gasteiger partial charge in [-0.1, -0.05) is 19.9 Å². The van der Waals surface area contributed by atoms with Crippen molar-refractivity contribution in [2.24, 2.45) is 5.92 Å². The van der Waals surface area contributed by atoms with E-state index in [1.165, 1.54) is 0 Å². The van der Waals surface area contributed by atoms with Crippen molar-refractivity contribution in [2.75, 3.05) is 37.0 Å². The van der Waals surface area contributed by atoms with Gasteiger partial charge in [0, 0.05) is 18.7 Å². The summed E-state index contributed by atoms with van der Waals surface area (Å²) in [7, 11) is 0. The van der Waals surface area contributed by atoms with Gasteiger partial charge in [-0.3, -0.25) is 4.79 Å². The molecule has 0 aromatic heterocycles. The van der Waals surface area contributed by atoms with Crippen molar-refractivity contribution in [3.8, 4) is 17.2 Å². The largest absolute Gasteiger partial charge is 0.494 e. The van der Waals surface area contributed by atoms with Crippen LogP contribution in [-0.2, 0) is 4.79 Å². The average Bonchev–Trinajstić information content (AvgIpc) is 2.67. The number of hydrogen-bond donors (Lipinski definition) is 2. The Hall–Kier alpha value is -2.89. The highest BCUT2D eigenvalue weighted by molar-refractivity contribution is 5.95. The molecule has 0 aliphatic carbocycles. The van der Waals surface area contributed by atoms with Gasteiger partial charge in [-0.2, -0.15) is 0 Å². The molecule has 0 fully saturated rings. The third-order valence-electron chi connectivity index (χ3n) is 3.76. The molecule has 0 aliphatic heterocycles. The number of benzene rings is 2. The summed E-state index contributed by atoms with van der Waals surface area (Å²) in [4.78, 5) is 12.4. The fourth-order valence-electron chi connectivity index (χ4n) is 2.50. The molecule has 1 amide bonds. The van der Waals surface area contributed by atoms with Crippen LogP contribution in [0.4, 0.5) is 11.4 Å². The molecule has 0 bridgehead atoms. The SMILES string of the molecule is CCOc1cccc(OCC(=O)Nc2ccc(OCC)cc2NCC(C)C)c1. The summed E-state index contributed by atoms with van der Waals surface area (Å²) < 4.78 is 16.6. The normalized spacial score (nSPS) is 10.5. The minimum absolute atomic E-state index is 0.0909. The molecular formula is C22H30N2O4. The fraction of sp³-hybridized carbons (Fsp3) is 0.409. The first-order valence-corrected chi connectivity index (χ1v) is 9.68. The minimum Gasteiger partial charge on any atom is -0.494 e. The van der Waals surface area contributed by atoms with Gasteiger partial charge in [-0.15, -0.1) is 0 Å². The third-order valence-corrected chi connectivity index (χ3v) is 3.76. The van der Waals surface area contributed by atoms with Crippen LogP contribution in [-0.4, -0.2) is 32.3 Å². The summed E-state index contributed by atoms with van der Waals surface area (Å²) in [5.41, 5.74) is 1.52. The summed E-state index contributed by atoms with van der Waals surface area (Å²) >= 11 is 0. The lowest BCUT2D eigenvalue weighted by Crippen LogP contribution is -2.21. The highest BCUT2D eigenvalue weighted by Crippen LogP contribution is 2.28. The van der Waals surface area contributed by atoms with Crippen molar-refractivity contribution in [2.45, 2.75) is 27.7 Å². The van der Waals surface area contributed by atoms with E-state index in [4.69, 9.17) is 14.2 Å². The monoisotopic (exact) mass is 386 g/mol. The van der Waals surface area contributed by atoms with Crippen molar-refractivity contribution >= 4 is 17.3 Å². The second-order valence-corrected chi connectivity index (χ2v) is 6.66. The zero-order chi connectivity index (χ0) is 20.4. The number of hydrogen-bond acceptors (Lipinski definition) is 5. The Bertz CT molecular complexity index is 762. The molecule has 0 atom stereocenters. The predicted octanol–water partition coefficient (Wildman–Crippen LogP) is 4.57. The lowest BCUT2D eigenvalue weighted by atomic mass is 10.2. The highest BCUT2D eigenvalue weighted by Gasteiger charge is 2.10. The highest BCUT2D eigenvalue weighted by atomic mass is 16.5. The first-order valence-electron chi connectivity index (χ1n) is 9.68. The molecule has 0 aliphatic rings. The molecule has 0 saturated carbocycles. The maximum atomic E-state index is 12.4. The molecule has 2 N–H and O–H groups in total. The van der Waals surface area contributed by atoms with Gasteiger partial charge in [0.05, 0.1) is 24.6 Å². The zero-order valence-electron chi connectivity index (χ0n) is 17.1. The van der Waals surface area contributed by atoms with Crippen LogP contribution in [0, 0.1) is 5.92 Å². The zero-order valence-corrected chi connectivity index (χ0v) is 17.1. The van der Waals surface area contributed by atoms with Gasteiger partial charge in [0.15, 0.2) is 6.61 Å². The van der Waals surface area contributed by atoms with E-state index in [0.717, 1.165) is 18.0 Å². The number of ether oxygens (including phenoxy) is 3. The molecule has 2 aromatic rings. The van der Waals surface area contributed by atoms with Crippen LogP contribution in [0.3, 0.4) is 0 Å². The number of carbonyl (C=O) groups is 1. The maximum absolute atomic E-state index is 12.4. The van der Waals surface area contributed by atoms with Crippen LogP contribution < -0.4 is 24.8 Å². The van der Waals surface area contributed by atoms with E-state index in [9.17, 15) is 4.79 Å². The topological polar surface area (TPSA) is 68.8 Å². The Morgan fingerprint density at radius 2 is 1.54 bits per heavy atom. The molecule has 0 unspecified atom stereocenters. The molecule has 2 aromatic carbocycles. The first-order chi connectivity index (χ1) is 13.5. The summed E-state index contributed by atoms with van der Waals surface area (Å²) in [5, 5.41) is 6.26. The Morgan fingerprint density at radius 1 is 0.893 bits per heavy atom. The van der Waals surface area contributed by atoms with Crippen LogP contribution in [0.25, 0.3) is 0 Å². The van der Waals surface area contributed by atoms with E-state index in [2.05, 4.69) is 24.5 Å². The molecule has 6 heteroatoms. The Kier molecular flexibility index (Phi) is 8.46. The van der Waals surface area contributed by atoms with Crippen molar-refractivity contribution < 1.29 is 19.0 Å². The van der Waals surface area contributed by atoms with Crippen molar-refractivity contribution in [1.29, 1.82) is 0 Å². The quantitative estimate of drug-likeness (QED) is 0.592.